The van der Waals surface area contributed by atoms with Crippen LogP contribution in [0.2, 0.25) is 0 Å². The van der Waals surface area contributed by atoms with Gasteiger partial charge in [0.05, 0.1) is 0 Å². The van der Waals surface area contributed by atoms with Gasteiger partial charge in [-0.2, -0.15) is 0 Å². The van der Waals surface area contributed by atoms with Crippen LogP contribution in [0, 0.1) is 0 Å². The molecule has 0 fully saturated rings. The molecule has 1 aliphatic rings. The Balaban J connectivity index is 1.88. The van der Waals surface area contributed by atoms with Gasteiger partial charge in [0.25, 0.3) is 0 Å². The molecule has 0 saturated carbocycles. The van der Waals surface area contributed by atoms with Crippen LogP contribution in [0.3, 0.4) is 0 Å². The van der Waals surface area contributed by atoms with Crippen molar-refractivity contribution in [3.8, 4) is 11.5 Å². The molecule has 0 aromatic heterocycles. The Labute approximate surface area is 112 Å². The fraction of sp³-hybridized carbons (Fsp3) is 0.200. The number of nitrogens with one attached hydrogen (secondary N) is 1. The van der Waals surface area contributed by atoms with Gasteiger partial charge in [0.1, 0.15) is 0 Å². The summed E-state index contributed by atoms with van der Waals surface area (Å²) in [7, 11) is 3.95. The lowest BCUT2D eigenvalue weighted by atomic mass is 10.2. The van der Waals surface area contributed by atoms with Crippen molar-refractivity contribution >= 4 is 17.1 Å². The average Bonchev–Trinajstić information content (AvgIpc) is 2.94. The predicted molar refractivity (Wildman–Crippen MR) is 76.6 cm³/mol. The van der Waals surface area contributed by atoms with Crippen molar-refractivity contribution in [3.05, 3.63) is 42.5 Å². The average molecular weight is 256 g/mol. The van der Waals surface area contributed by atoms with E-state index in [1.165, 1.54) is 0 Å². The summed E-state index contributed by atoms with van der Waals surface area (Å²) < 4.78 is 10.7. The molecule has 0 amide bonds. The van der Waals surface area contributed by atoms with Gasteiger partial charge >= 0.3 is 0 Å². The Morgan fingerprint density at radius 3 is 2.37 bits per heavy atom. The highest BCUT2D eigenvalue weighted by Gasteiger charge is 2.15. The molecule has 0 radical (unpaired) electrons. The maximum Gasteiger partial charge on any atom is 0.231 e. The van der Waals surface area contributed by atoms with Crippen LogP contribution < -0.4 is 19.7 Å². The van der Waals surface area contributed by atoms with E-state index in [4.69, 9.17) is 9.47 Å². The minimum absolute atomic E-state index is 0.305. The standard InChI is InChI=1S/C15H16N2O2/c1-16-11-3-5-12(6-4-11)17(2)13-7-8-14-15(9-13)19-10-18-14/h3-9,16H,10H2,1-2H3. The van der Waals surface area contributed by atoms with E-state index in [0.717, 1.165) is 28.6 Å². The number of hydrogen-bond donors (Lipinski definition) is 1. The second-order valence-corrected chi connectivity index (χ2v) is 4.39. The zero-order valence-electron chi connectivity index (χ0n) is 11.0. The predicted octanol–water partition coefficient (Wildman–Crippen LogP) is 3.22. The van der Waals surface area contributed by atoms with E-state index in [2.05, 4.69) is 34.5 Å². The number of fused-ring (bicyclic) bond motifs is 1. The van der Waals surface area contributed by atoms with E-state index in [9.17, 15) is 0 Å². The molecular formula is C15H16N2O2. The number of anilines is 3. The van der Waals surface area contributed by atoms with Crippen LogP contribution in [0.15, 0.2) is 42.5 Å². The van der Waals surface area contributed by atoms with E-state index in [1.54, 1.807) is 0 Å². The van der Waals surface area contributed by atoms with E-state index >= 15 is 0 Å². The zero-order chi connectivity index (χ0) is 13.2. The number of hydrogen-bond acceptors (Lipinski definition) is 4. The first kappa shape index (κ1) is 11.7. The molecule has 1 aliphatic heterocycles. The topological polar surface area (TPSA) is 33.7 Å². The molecule has 0 saturated heterocycles. The summed E-state index contributed by atoms with van der Waals surface area (Å²) in [6.45, 7) is 0.305. The van der Waals surface area contributed by atoms with Crippen molar-refractivity contribution < 1.29 is 9.47 Å². The van der Waals surface area contributed by atoms with E-state index in [0.29, 0.717) is 6.79 Å². The second kappa shape index (κ2) is 4.72. The van der Waals surface area contributed by atoms with Gasteiger partial charge in [-0.1, -0.05) is 0 Å². The van der Waals surface area contributed by atoms with E-state index in [-0.39, 0.29) is 0 Å². The summed E-state index contributed by atoms with van der Waals surface area (Å²) in [4.78, 5) is 2.11. The molecule has 19 heavy (non-hydrogen) atoms. The van der Waals surface area contributed by atoms with Crippen molar-refractivity contribution in [2.75, 3.05) is 31.1 Å². The largest absolute Gasteiger partial charge is 0.454 e. The van der Waals surface area contributed by atoms with E-state index in [1.807, 2.05) is 32.3 Å². The van der Waals surface area contributed by atoms with Gasteiger partial charge in [0, 0.05) is 37.2 Å². The molecular weight excluding hydrogens is 240 g/mol. The molecule has 0 bridgehead atoms. The fourth-order valence-corrected chi connectivity index (χ4v) is 2.09. The van der Waals surface area contributed by atoms with Crippen LogP contribution in [-0.2, 0) is 0 Å². The molecule has 0 aliphatic carbocycles. The molecule has 0 atom stereocenters. The maximum atomic E-state index is 5.40. The number of rotatable bonds is 3. The molecule has 4 nitrogen and oxygen atoms in total. The van der Waals surface area contributed by atoms with Crippen LogP contribution in [0.25, 0.3) is 0 Å². The highest BCUT2D eigenvalue weighted by molar-refractivity contribution is 5.67. The third kappa shape index (κ3) is 2.17. The molecule has 1 N–H and O–H groups in total. The Morgan fingerprint density at radius 1 is 0.947 bits per heavy atom. The molecule has 3 rings (SSSR count). The second-order valence-electron chi connectivity index (χ2n) is 4.39. The third-order valence-electron chi connectivity index (χ3n) is 3.29. The summed E-state index contributed by atoms with van der Waals surface area (Å²) >= 11 is 0. The minimum atomic E-state index is 0.305. The summed E-state index contributed by atoms with van der Waals surface area (Å²) in [5.74, 6) is 1.61. The van der Waals surface area contributed by atoms with Gasteiger partial charge in [-0.15, -0.1) is 0 Å². The SMILES string of the molecule is CNc1ccc(N(C)c2ccc3c(c2)OCO3)cc1. The van der Waals surface area contributed by atoms with Crippen molar-refractivity contribution in [1.29, 1.82) is 0 Å². The highest BCUT2D eigenvalue weighted by Crippen LogP contribution is 2.37. The lowest BCUT2D eigenvalue weighted by Crippen LogP contribution is -2.09. The first-order valence-corrected chi connectivity index (χ1v) is 6.19. The van der Waals surface area contributed by atoms with Crippen molar-refractivity contribution in [2.24, 2.45) is 0 Å². The zero-order valence-corrected chi connectivity index (χ0v) is 11.0. The van der Waals surface area contributed by atoms with Gasteiger partial charge in [0.15, 0.2) is 11.5 Å². The van der Waals surface area contributed by atoms with Crippen LogP contribution in [0.4, 0.5) is 17.1 Å². The molecule has 0 unspecified atom stereocenters. The van der Waals surface area contributed by atoms with Crippen LogP contribution in [0.1, 0.15) is 0 Å². The molecule has 2 aromatic carbocycles. The summed E-state index contributed by atoms with van der Waals surface area (Å²) in [6.07, 6.45) is 0. The maximum absolute atomic E-state index is 5.40. The van der Waals surface area contributed by atoms with Gasteiger partial charge in [-0.25, -0.2) is 0 Å². The Bertz CT molecular complexity index is 581. The van der Waals surface area contributed by atoms with E-state index < -0.39 is 0 Å². The van der Waals surface area contributed by atoms with Crippen molar-refractivity contribution in [3.63, 3.8) is 0 Å². The number of benzene rings is 2. The van der Waals surface area contributed by atoms with Gasteiger partial charge < -0.3 is 19.7 Å². The smallest absolute Gasteiger partial charge is 0.231 e. The van der Waals surface area contributed by atoms with Crippen molar-refractivity contribution in [2.45, 2.75) is 0 Å². The van der Waals surface area contributed by atoms with Gasteiger partial charge in [-0.3, -0.25) is 0 Å². The first-order valence-electron chi connectivity index (χ1n) is 6.19. The third-order valence-corrected chi connectivity index (χ3v) is 3.29. The monoisotopic (exact) mass is 256 g/mol. The molecule has 98 valence electrons. The quantitative estimate of drug-likeness (QED) is 0.914. The number of nitrogens with zero attached hydrogens (tertiary/aromatic N) is 1. The molecule has 0 spiro atoms. The Morgan fingerprint density at radius 2 is 1.63 bits per heavy atom. The van der Waals surface area contributed by atoms with Gasteiger partial charge in [-0.05, 0) is 36.4 Å². The van der Waals surface area contributed by atoms with Crippen molar-refractivity contribution in [1.82, 2.24) is 0 Å². The summed E-state index contributed by atoms with van der Waals surface area (Å²) in [5, 5.41) is 3.11. The van der Waals surface area contributed by atoms with Crippen LogP contribution in [0.5, 0.6) is 11.5 Å². The minimum Gasteiger partial charge on any atom is -0.454 e. The lowest BCUT2D eigenvalue weighted by Gasteiger charge is -2.20. The molecule has 2 aromatic rings. The van der Waals surface area contributed by atoms with Gasteiger partial charge in [0.2, 0.25) is 6.79 Å². The van der Waals surface area contributed by atoms with Crippen LogP contribution in [-0.4, -0.2) is 20.9 Å². The fourth-order valence-electron chi connectivity index (χ4n) is 2.09. The first-order chi connectivity index (χ1) is 9.28. The molecule has 1 heterocycles. The highest BCUT2D eigenvalue weighted by atomic mass is 16.7. The number of ether oxygens (including phenoxy) is 2. The summed E-state index contributed by atoms with van der Waals surface area (Å²) in [5.41, 5.74) is 3.29. The summed E-state index contributed by atoms with van der Waals surface area (Å²) in [6, 6.07) is 14.2. The molecule has 4 heteroatoms. The lowest BCUT2D eigenvalue weighted by molar-refractivity contribution is 0.174. The Hall–Kier alpha value is -2.36. The van der Waals surface area contributed by atoms with Crippen LogP contribution >= 0.6 is 0 Å². The Kier molecular flexibility index (Phi) is 2.91. The normalized spacial score (nSPS) is 12.3.